The summed E-state index contributed by atoms with van der Waals surface area (Å²) < 4.78 is 31.0. The molecule has 0 radical (unpaired) electrons. The van der Waals surface area contributed by atoms with Crippen molar-refractivity contribution < 1.29 is 22.7 Å². The van der Waals surface area contributed by atoms with E-state index in [0.29, 0.717) is 29.1 Å². The molecule has 0 aliphatic heterocycles. The first-order valence-corrected chi connectivity index (χ1v) is 17.1. The van der Waals surface area contributed by atoms with E-state index < -0.39 is 15.7 Å². The van der Waals surface area contributed by atoms with Gasteiger partial charge in [0.15, 0.2) is 16.4 Å². The van der Waals surface area contributed by atoms with E-state index in [1.807, 2.05) is 18.2 Å². The highest BCUT2D eigenvalue weighted by Crippen LogP contribution is 2.28. The molecule has 3 aromatic carbocycles. The van der Waals surface area contributed by atoms with Gasteiger partial charge in [-0.25, -0.2) is 13.4 Å². The number of halogens is 1. The van der Waals surface area contributed by atoms with E-state index >= 15 is 0 Å². The summed E-state index contributed by atoms with van der Waals surface area (Å²) in [6, 6.07) is 18.6. The number of hydrogen-bond donors (Lipinski definition) is 2. The zero-order valence-electron chi connectivity index (χ0n) is 24.9. The number of aromatic nitrogens is 1. The number of benzene rings is 3. The molecule has 4 rings (SSSR count). The van der Waals surface area contributed by atoms with Crippen LogP contribution in [0.3, 0.4) is 0 Å². The first-order chi connectivity index (χ1) is 20.8. The number of sulfone groups is 1. The second-order valence-corrected chi connectivity index (χ2v) is 15.0. The van der Waals surface area contributed by atoms with E-state index in [0.717, 1.165) is 34.7 Å². The maximum absolute atomic E-state index is 13.3. The smallest absolute Gasteiger partial charge is 0.255 e. The Morgan fingerprint density at radius 1 is 0.977 bits per heavy atom. The summed E-state index contributed by atoms with van der Waals surface area (Å²) >= 11 is 7.53. The molecule has 1 aromatic heterocycles. The van der Waals surface area contributed by atoms with Crippen molar-refractivity contribution in [1.82, 2.24) is 4.98 Å². The molecule has 44 heavy (non-hydrogen) atoms. The number of ether oxygens (including phenoxy) is 1. The van der Waals surface area contributed by atoms with E-state index in [-0.39, 0.29) is 34.3 Å². The van der Waals surface area contributed by atoms with E-state index in [4.69, 9.17) is 27.1 Å². The van der Waals surface area contributed by atoms with Crippen molar-refractivity contribution in [2.24, 2.45) is 5.73 Å². The van der Waals surface area contributed by atoms with Gasteiger partial charge < -0.3 is 15.8 Å². The molecule has 0 aliphatic rings. The van der Waals surface area contributed by atoms with Gasteiger partial charge in [-0.1, -0.05) is 50.6 Å². The Kier molecular flexibility index (Phi) is 10.8. The number of amides is 2. The molecule has 0 atom stereocenters. The van der Waals surface area contributed by atoms with Crippen molar-refractivity contribution in [2.75, 3.05) is 17.7 Å². The average molecular weight is 654 g/mol. The van der Waals surface area contributed by atoms with Crippen molar-refractivity contribution in [3.05, 3.63) is 105 Å². The standard InChI is InChI=1S/C33H36ClN3O5S2/c1-33(2,3)29-21-43-31(37-29)16-10-22-6-4-8-24(18-22)32(39)36-27-19-23(9-15-28(27)42-20-30(35)38)7-5-17-44(40,41)26-13-11-25(34)12-14-26/h4,6,8-9,11-15,18-19,21H,5,7,10,16-17,20H2,1-3H3,(H2,35,38)(H,36,39). The third-order valence-corrected chi connectivity index (χ3v) is 9.83. The Hall–Kier alpha value is -3.73. The Bertz CT molecular complexity index is 1730. The normalized spacial score (nSPS) is 11.7. The molecule has 232 valence electrons. The summed E-state index contributed by atoms with van der Waals surface area (Å²) in [5.41, 5.74) is 8.97. The number of anilines is 1. The molecule has 0 bridgehead atoms. The minimum Gasteiger partial charge on any atom is -0.482 e. The van der Waals surface area contributed by atoms with Gasteiger partial charge in [0.25, 0.3) is 11.8 Å². The highest BCUT2D eigenvalue weighted by atomic mass is 35.5. The molecule has 11 heteroatoms. The summed E-state index contributed by atoms with van der Waals surface area (Å²) in [5, 5.41) is 6.51. The average Bonchev–Trinajstić information content (AvgIpc) is 3.46. The largest absolute Gasteiger partial charge is 0.482 e. The maximum atomic E-state index is 13.3. The Morgan fingerprint density at radius 3 is 2.39 bits per heavy atom. The molecule has 3 N–H and O–H groups in total. The SMILES string of the molecule is CC(C)(C)c1csc(CCc2cccc(C(=O)Nc3cc(CCCS(=O)(=O)c4ccc(Cl)cc4)ccc3OCC(N)=O)c2)n1. The highest BCUT2D eigenvalue weighted by molar-refractivity contribution is 7.91. The van der Waals surface area contributed by atoms with Crippen LogP contribution in [0.4, 0.5) is 5.69 Å². The minimum atomic E-state index is -3.48. The molecule has 0 spiro atoms. The molecule has 0 aliphatic carbocycles. The second kappa shape index (κ2) is 14.4. The summed E-state index contributed by atoms with van der Waals surface area (Å²) in [5.74, 6) is -0.769. The fourth-order valence-corrected chi connectivity index (χ4v) is 6.88. The van der Waals surface area contributed by atoms with Crippen LogP contribution in [-0.4, -0.2) is 37.6 Å². The lowest BCUT2D eigenvalue weighted by Gasteiger charge is -2.14. The number of thiazole rings is 1. The number of hydrogen-bond acceptors (Lipinski definition) is 7. The first-order valence-electron chi connectivity index (χ1n) is 14.2. The lowest BCUT2D eigenvalue weighted by molar-refractivity contribution is -0.119. The van der Waals surface area contributed by atoms with Gasteiger partial charge in [-0.2, -0.15) is 0 Å². The van der Waals surface area contributed by atoms with Crippen LogP contribution in [0.1, 0.15) is 59.4 Å². The van der Waals surface area contributed by atoms with Gasteiger partial charge in [-0.05, 0) is 78.9 Å². The van der Waals surface area contributed by atoms with Crippen molar-refractivity contribution in [3.8, 4) is 5.75 Å². The number of carbonyl (C=O) groups is 2. The van der Waals surface area contributed by atoms with Crippen LogP contribution in [-0.2, 0) is 39.3 Å². The number of primary amides is 1. The van der Waals surface area contributed by atoms with Crippen LogP contribution < -0.4 is 15.8 Å². The van der Waals surface area contributed by atoms with Crippen molar-refractivity contribution in [2.45, 2.75) is 56.8 Å². The number of nitrogens with one attached hydrogen (secondary N) is 1. The van der Waals surface area contributed by atoms with Gasteiger partial charge in [0, 0.05) is 27.8 Å². The Balaban J connectivity index is 1.44. The number of rotatable bonds is 13. The monoisotopic (exact) mass is 653 g/mol. The van der Waals surface area contributed by atoms with Crippen LogP contribution in [0.25, 0.3) is 0 Å². The molecule has 1 heterocycles. The summed E-state index contributed by atoms with van der Waals surface area (Å²) in [7, 11) is -3.48. The number of nitrogens with zero attached hydrogens (tertiary/aromatic N) is 1. The molecule has 2 amide bonds. The molecular weight excluding hydrogens is 618 g/mol. The van der Waals surface area contributed by atoms with Crippen LogP contribution in [0.5, 0.6) is 5.75 Å². The van der Waals surface area contributed by atoms with Crippen molar-refractivity contribution in [3.63, 3.8) is 0 Å². The lowest BCUT2D eigenvalue weighted by atomic mass is 9.93. The highest BCUT2D eigenvalue weighted by Gasteiger charge is 2.18. The summed E-state index contributed by atoms with van der Waals surface area (Å²) in [6.45, 7) is 6.06. The minimum absolute atomic E-state index is 0.000818. The van der Waals surface area contributed by atoms with Crippen molar-refractivity contribution in [1.29, 1.82) is 0 Å². The third-order valence-electron chi connectivity index (χ3n) is 6.85. The predicted octanol–water partition coefficient (Wildman–Crippen LogP) is 6.40. The topological polar surface area (TPSA) is 128 Å². The molecular formula is C33H36ClN3O5S2. The lowest BCUT2D eigenvalue weighted by Crippen LogP contribution is -2.21. The molecule has 8 nitrogen and oxygen atoms in total. The number of nitrogens with two attached hydrogens (primary N) is 1. The number of carbonyl (C=O) groups excluding carboxylic acids is 2. The fraction of sp³-hybridized carbons (Fsp3) is 0.303. The van der Waals surface area contributed by atoms with Crippen molar-refractivity contribution >= 4 is 50.3 Å². The quantitative estimate of drug-likeness (QED) is 0.172. The van der Waals surface area contributed by atoms with Crippen LogP contribution in [0.2, 0.25) is 5.02 Å². The van der Waals surface area contributed by atoms with E-state index in [1.54, 1.807) is 47.7 Å². The predicted molar refractivity (Wildman–Crippen MR) is 176 cm³/mol. The van der Waals surface area contributed by atoms with Gasteiger partial charge in [-0.3, -0.25) is 9.59 Å². The summed E-state index contributed by atoms with van der Waals surface area (Å²) in [6.07, 6.45) is 2.31. The Labute approximate surface area is 267 Å². The van der Waals surface area contributed by atoms with Gasteiger partial charge in [0.1, 0.15) is 5.75 Å². The fourth-order valence-electron chi connectivity index (χ4n) is 4.42. The third kappa shape index (κ3) is 9.38. The van der Waals surface area contributed by atoms with E-state index in [1.165, 1.54) is 12.1 Å². The molecule has 0 unspecified atom stereocenters. The zero-order valence-corrected chi connectivity index (χ0v) is 27.3. The van der Waals surface area contributed by atoms with E-state index in [9.17, 15) is 18.0 Å². The van der Waals surface area contributed by atoms with Crippen LogP contribution >= 0.6 is 22.9 Å². The zero-order chi connectivity index (χ0) is 31.9. The summed E-state index contributed by atoms with van der Waals surface area (Å²) in [4.78, 5) is 29.7. The van der Waals surface area contributed by atoms with E-state index in [2.05, 4.69) is 31.5 Å². The molecule has 0 fully saturated rings. The molecule has 0 saturated heterocycles. The second-order valence-electron chi connectivity index (χ2n) is 11.5. The van der Waals surface area contributed by atoms with Gasteiger partial charge in [-0.15, -0.1) is 11.3 Å². The van der Waals surface area contributed by atoms with Gasteiger partial charge >= 0.3 is 0 Å². The van der Waals surface area contributed by atoms with Gasteiger partial charge in [0.05, 0.1) is 27.0 Å². The Morgan fingerprint density at radius 2 is 1.70 bits per heavy atom. The number of aryl methyl sites for hydroxylation is 3. The first kappa shape index (κ1) is 33.2. The molecule has 4 aromatic rings. The van der Waals surface area contributed by atoms with Gasteiger partial charge in [0.2, 0.25) is 0 Å². The maximum Gasteiger partial charge on any atom is 0.255 e. The van der Waals surface area contributed by atoms with Crippen LogP contribution in [0.15, 0.2) is 77.0 Å². The molecule has 0 saturated carbocycles. The van der Waals surface area contributed by atoms with Crippen LogP contribution in [0, 0.1) is 0 Å².